The fourth-order valence-corrected chi connectivity index (χ4v) is 6.15. The lowest BCUT2D eigenvalue weighted by Crippen LogP contribution is -2.53. The van der Waals surface area contributed by atoms with Crippen molar-refractivity contribution in [2.45, 2.75) is 77.9 Å². The second-order valence-electron chi connectivity index (χ2n) is 10.3. The minimum Gasteiger partial charge on any atom is -0.352 e. The maximum atomic E-state index is 14.2. The smallest absolute Gasteiger partial charge is 0.264 e. The molecule has 3 aromatic carbocycles. The Bertz CT molecular complexity index is 1420. The first-order valence-electron chi connectivity index (χ1n) is 13.8. The van der Waals surface area contributed by atoms with Crippen LogP contribution in [0.2, 0.25) is 0 Å². The summed E-state index contributed by atoms with van der Waals surface area (Å²) in [6.45, 7) is 11.2. The highest BCUT2D eigenvalue weighted by Gasteiger charge is 2.34. The zero-order valence-corrected chi connectivity index (χ0v) is 25.2. The van der Waals surface area contributed by atoms with Crippen LogP contribution in [0.25, 0.3) is 0 Å². The highest BCUT2D eigenvalue weighted by atomic mass is 32.2. The van der Waals surface area contributed by atoms with Crippen LogP contribution < -0.4 is 9.62 Å². The molecular weight excluding hydrogens is 522 g/mol. The molecule has 0 saturated heterocycles. The molecule has 8 heteroatoms. The first-order valence-corrected chi connectivity index (χ1v) is 15.2. The van der Waals surface area contributed by atoms with Crippen molar-refractivity contribution < 1.29 is 18.0 Å². The fourth-order valence-electron chi connectivity index (χ4n) is 4.65. The van der Waals surface area contributed by atoms with Crippen LogP contribution >= 0.6 is 0 Å². The van der Waals surface area contributed by atoms with Gasteiger partial charge in [-0.05, 0) is 75.4 Å². The molecule has 2 atom stereocenters. The normalized spacial score (nSPS) is 12.8. The van der Waals surface area contributed by atoms with E-state index in [0.717, 1.165) is 28.7 Å². The van der Waals surface area contributed by atoms with Crippen LogP contribution in [0.5, 0.6) is 0 Å². The molecule has 40 heavy (non-hydrogen) atoms. The third-order valence-electron chi connectivity index (χ3n) is 7.22. The van der Waals surface area contributed by atoms with Crippen LogP contribution in [0.4, 0.5) is 5.69 Å². The van der Waals surface area contributed by atoms with E-state index < -0.39 is 28.5 Å². The summed E-state index contributed by atoms with van der Waals surface area (Å²) in [6.07, 6.45) is 1.14. The SMILES string of the molecule is CCC(C)NC(=O)C(CC)N(Cc1ccccc1C)C(=O)CN(c1ccc(C)cc1C)S(=O)(=O)c1ccccc1. The lowest BCUT2D eigenvalue weighted by atomic mass is 10.1. The summed E-state index contributed by atoms with van der Waals surface area (Å²) in [6, 6.07) is 20.5. The van der Waals surface area contributed by atoms with E-state index in [-0.39, 0.29) is 23.4 Å². The monoisotopic (exact) mass is 563 g/mol. The maximum absolute atomic E-state index is 14.2. The van der Waals surface area contributed by atoms with Crippen molar-refractivity contribution in [3.8, 4) is 0 Å². The van der Waals surface area contributed by atoms with Crippen LogP contribution in [0, 0.1) is 20.8 Å². The van der Waals surface area contributed by atoms with Crippen LogP contribution in [-0.4, -0.2) is 43.8 Å². The van der Waals surface area contributed by atoms with E-state index in [9.17, 15) is 18.0 Å². The molecule has 0 aliphatic rings. The summed E-state index contributed by atoms with van der Waals surface area (Å²) >= 11 is 0. The van der Waals surface area contributed by atoms with Gasteiger partial charge in [0.25, 0.3) is 10.0 Å². The van der Waals surface area contributed by atoms with E-state index in [2.05, 4.69) is 5.32 Å². The summed E-state index contributed by atoms with van der Waals surface area (Å²) in [7, 11) is -4.09. The van der Waals surface area contributed by atoms with E-state index in [1.165, 1.54) is 21.3 Å². The second-order valence-corrected chi connectivity index (χ2v) is 12.2. The van der Waals surface area contributed by atoms with Crippen molar-refractivity contribution in [1.29, 1.82) is 0 Å². The molecule has 0 spiro atoms. The molecule has 2 unspecified atom stereocenters. The Labute approximate surface area is 239 Å². The first-order chi connectivity index (χ1) is 19.0. The molecule has 7 nitrogen and oxygen atoms in total. The standard InChI is InChI=1S/C32H41N3O4S/c1-7-26(6)33-32(37)29(8-2)34(21-27-15-13-12-14-24(27)4)31(36)22-35(30-19-18-23(3)20-25(30)5)40(38,39)28-16-10-9-11-17-28/h9-20,26,29H,7-8,21-22H2,1-6H3,(H,33,37). The highest BCUT2D eigenvalue weighted by molar-refractivity contribution is 7.92. The van der Waals surface area contributed by atoms with Crippen LogP contribution in [0.1, 0.15) is 55.9 Å². The number of aryl methyl sites for hydroxylation is 3. The Kier molecular flexibility index (Phi) is 10.5. The van der Waals surface area contributed by atoms with E-state index in [1.807, 2.05) is 77.9 Å². The molecule has 3 aromatic rings. The Morgan fingerprint density at radius 3 is 2.10 bits per heavy atom. The number of hydrogen-bond acceptors (Lipinski definition) is 4. The van der Waals surface area contributed by atoms with Crippen LogP contribution in [0.3, 0.4) is 0 Å². The number of nitrogens with zero attached hydrogens (tertiary/aromatic N) is 2. The minimum absolute atomic E-state index is 0.0536. The molecule has 1 N–H and O–H groups in total. The zero-order valence-electron chi connectivity index (χ0n) is 24.3. The molecule has 0 fully saturated rings. The lowest BCUT2D eigenvalue weighted by Gasteiger charge is -2.34. The average molecular weight is 564 g/mol. The van der Waals surface area contributed by atoms with Crippen molar-refractivity contribution in [3.63, 3.8) is 0 Å². The summed E-state index contributed by atoms with van der Waals surface area (Å²) in [5, 5.41) is 3.01. The number of nitrogens with one attached hydrogen (secondary N) is 1. The van der Waals surface area contributed by atoms with E-state index >= 15 is 0 Å². The Morgan fingerprint density at radius 1 is 0.850 bits per heavy atom. The van der Waals surface area contributed by atoms with Crippen molar-refractivity contribution in [2.75, 3.05) is 10.8 Å². The molecule has 0 aliphatic carbocycles. The number of benzene rings is 3. The number of amides is 2. The van der Waals surface area contributed by atoms with Gasteiger partial charge in [0.05, 0.1) is 10.6 Å². The molecular formula is C32H41N3O4S. The third-order valence-corrected chi connectivity index (χ3v) is 8.99. The van der Waals surface area contributed by atoms with Gasteiger partial charge in [0.15, 0.2) is 0 Å². The van der Waals surface area contributed by atoms with Crippen LogP contribution in [-0.2, 0) is 26.2 Å². The summed E-state index contributed by atoms with van der Waals surface area (Å²) in [5.41, 5.74) is 4.03. The van der Waals surface area contributed by atoms with Gasteiger partial charge in [-0.15, -0.1) is 0 Å². The summed E-state index contributed by atoms with van der Waals surface area (Å²) in [5.74, 6) is -0.698. The van der Waals surface area contributed by atoms with Crippen LogP contribution in [0.15, 0.2) is 77.7 Å². The van der Waals surface area contributed by atoms with E-state index in [4.69, 9.17) is 0 Å². The Morgan fingerprint density at radius 2 is 1.50 bits per heavy atom. The molecule has 0 aliphatic heterocycles. The fraction of sp³-hybridized carbons (Fsp3) is 0.375. The average Bonchev–Trinajstić information content (AvgIpc) is 2.93. The molecule has 0 radical (unpaired) electrons. The predicted molar refractivity (Wildman–Crippen MR) is 161 cm³/mol. The van der Waals surface area contributed by atoms with Crippen molar-refractivity contribution >= 4 is 27.5 Å². The zero-order chi connectivity index (χ0) is 29.4. The van der Waals surface area contributed by atoms with Gasteiger partial charge >= 0.3 is 0 Å². The number of rotatable bonds is 12. The van der Waals surface area contributed by atoms with Crippen molar-refractivity contribution in [2.24, 2.45) is 0 Å². The molecule has 214 valence electrons. The predicted octanol–water partition coefficient (Wildman–Crippen LogP) is 5.53. The number of carbonyl (C=O) groups is 2. The molecule has 0 saturated carbocycles. The van der Waals surface area contributed by atoms with E-state index in [0.29, 0.717) is 12.1 Å². The largest absolute Gasteiger partial charge is 0.352 e. The molecule has 0 heterocycles. The maximum Gasteiger partial charge on any atom is 0.264 e. The number of hydrogen-bond donors (Lipinski definition) is 1. The molecule has 0 bridgehead atoms. The van der Waals surface area contributed by atoms with Gasteiger partial charge in [0.2, 0.25) is 11.8 Å². The lowest BCUT2D eigenvalue weighted by molar-refractivity contribution is -0.140. The quantitative estimate of drug-likeness (QED) is 0.314. The van der Waals surface area contributed by atoms with Gasteiger partial charge in [-0.25, -0.2) is 8.42 Å². The first kappa shape index (κ1) is 30.9. The summed E-state index contributed by atoms with van der Waals surface area (Å²) < 4.78 is 29.1. The number of sulfonamides is 1. The van der Waals surface area contributed by atoms with Crippen molar-refractivity contribution in [3.05, 3.63) is 95.1 Å². The van der Waals surface area contributed by atoms with Gasteiger partial charge in [0, 0.05) is 12.6 Å². The topological polar surface area (TPSA) is 86.8 Å². The molecule has 2 amide bonds. The van der Waals surface area contributed by atoms with Gasteiger partial charge < -0.3 is 10.2 Å². The summed E-state index contributed by atoms with van der Waals surface area (Å²) in [4.78, 5) is 29.2. The highest BCUT2D eigenvalue weighted by Crippen LogP contribution is 2.28. The van der Waals surface area contributed by atoms with E-state index in [1.54, 1.807) is 24.3 Å². The molecule has 0 aromatic heterocycles. The minimum atomic E-state index is -4.09. The third kappa shape index (κ3) is 7.30. The van der Waals surface area contributed by atoms with Crippen molar-refractivity contribution in [1.82, 2.24) is 10.2 Å². The second kappa shape index (κ2) is 13.6. The number of carbonyl (C=O) groups excluding carboxylic acids is 2. The van der Waals surface area contributed by atoms with Gasteiger partial charge in [-0.3, -0.25) is 13.9 Å². The van der Waals surface area contributed by atoms with Gasteiger partial charge in [-0.2, -0.15) is 0 Å². The Hall–Kier alpha value is -3.65. The number of anilines is 1. The Balaban J connectivity index is 2.09. The molecule has 3 rings (SSSR count). The van der Waals surface area contributed by atoms with Gasteiger partial charge in [0.1, 0.15) is 12.6 Å². The van der Waals surface area contributed by atoms with Gasteiger partial charge in [-0.1, -0.05) is 74.0 Å².